The lowest BCUT2D eigenvalue weighted by molar-refractivity contribution is 0.271. The molecule has 0 unspecified atom stereocenters. The van der Waals surface area contributed by atoms with Gasteiger partial charge < -0.3 is 14.5 Å². The first kappa shape index (κ1) is 13.3. The lowest BCUT2D eigenvalue weighted by Gasteiger charge is -2.36. The molecule has 0 saturated carbocycles. The molecule has 0 spiro atoms. The Morgan fingerprint density at radius 2 is 1.85 bits per heavy atom. The minimum Gasteiger partial charge on any atom is -0.497 e. The summed E-state index contributed by atoms with van der Waals surface area (Å²) < 4.78 is 5.37. The second kappa shape index (κ2) is 5.71. The molecule has 1 heterocycles. The van der Waals surface area contributed by atoms with Crippen LogP contribution in [0, 0.1) is 0 Å². The number of anilines is 1. The lowest BCUT2D eigenvalue weighted by atomic mass is 10.1. The molecule has 1 aliphatic heterocycles. The summed E-state index contributed by atoms with van der Waals surface area (Å²) in [7, 11) is 1.73. The number of likely N-dealkylation sites (N-methyl/N-ethyl adjacent to an activating group) is 1. The van der Waals surface area contributed by atoms with Crippen LogP contribution in [0.25, 0.3) is 10.8 Å². The Kier molecular flexibility index (Phi) is 3.79. The first-order valence-corrected chi connectivity index (χ1v) is 7.36. The van der Waals surface area contributed by atoms with Gasteiger partial charge in [-0.25, -0.2) is 0 Å². The second-order valence-corrected chi connectivity index (χ2v) is 5.29. The van der Waals surface area contributed by atoms with Gasteiger partial charge in [-0.2, -0.15) is 0 Å². The molecule has 0 N–H and O–H groups in total. The molecule has 1 aliphatic rings. The SMILES string of the molecule is CCN1CCN(c2cccc3ccc(OC)cc23)CC1. The van der Waals surface area contributed by atoms with Crippen molar-refractivity contribution in [3.63, 3.8) is 0 Å². The molecule has 0 bridgehead atoms. The molecule has 106 valence electrons. The van der Waals surface area contributed by atoms with Crippen molar-refractivity contribution in [3.05, 3.63) is 36.4 Å². The average Bonchev–Trinajstić information content (AvgIpc) is 2.54. The maximum absolute atomic E-state index is 5.37. The van der Waals surface area contributed by atoms with Crippen LogP contribution in [0.4, 0.5) is 5.69 Å². The summed E-state index contributed by atoms with van der Waals surface area (Å²) in [5.41, 5.74) is 1.33. The fourth-order valence-corrected chi connectivity index (χ4v) is 2.94. The molecule has 0 amide bonds. The van der Waals surface area contributed by atoms with Crippen molar-refractivity contribution in [3.8, 4) is 5.75 Å². The van der Waals surface area contributed by atoms with E-state index in [4.69, 9.17) is 4.74 Å². The van der Waals surface area contributed by atoms with E-state index >= 15 is 0 Å². The largest absolute Gasteiger partial charge is 0.497 e. The minimum atomic E-state index is 0.928. The number of hydrogen-bond acceptors (Lipinski definition) is 3. The first-order chi connectivity index (χ1) is 9.81. The van der Waals surface area contributed by atoms with Crippen LogP contribution in [0.15, 0.2) is 36.4 Å². The predicted octanol–water partition coefficient (Wildman–Crippen LogP) is 2.99. The molecule has 3 rings (SSSR count). The third kappa shape index (κ3) is 2.46. The Labute approximate surface area is 120 Å². The zero-order chi connectivity index (χ0) is 13.9. The summed E-state index contributed by atoms with van der Waals surface area (Å²) in [6.07, 6.45) is 0. The fourth-order valence-electron chi connectivity index (χ4n) is 2.94. The normalized spacial score (nSPS) is 16.6. The van der Waals surface area contributed by atoms with Gasteiger partial charge >= 0.3 is 0 Å². The van der Waals surface area contributed by atoms with Crippen LogP contribution >= 0.6 is 0 Å². The maximum atomic E-state index is 5.37. The average molecular weight is 270 g/mol. The topological polar surface area (TPSA) is 15.7 Å². The number of ether oxygens (including phenoxy) is 1. The highest BCUT2D eigenvalue weighted by Gasteiger charge is 2.17. The number of rotatable bonds is 3. The fraction of sp³-hybridized carbons (Fsp3) is 0.412. The molecular weight excluding hydrogens is 248 g/mol. The summed E-state index contributed by atoms with van der Waals surface area (Å²) in [6.45, 7) is 7.89. The molecule has 0 radical (unpaired) electrons. The van der Waals surface area contributed by atoms with Gasteiger partial charge in [0.2, 0.25) is 0 Å². The number of methoxy groups -OCH3 is 1. The first-order valence-electron chi connectivity index (χ1n) is 7.36. The lowest BCUT2D eigenvalue weighted by Crippen LogP contribution is -2.46. The summed E-state index contributed by atoms with van der Waals surface area (Å²) in [5.74, 6) is 0.928. The Balaban J connectivity index is 1.94. The Morgan fingerprint density at radius 3 is 2.55 bits per heavy atom. The molecule has 0 atom stereocenters. The Morgan fingerprint density at radius 1 is 1.05 bits per heavy atom. The van der Waals surface area contributed by atoms with Gasteiger partial charge in [0.05, 0.1) is 7.11 Å². The zero-order valence-corrected chi connectivity index (χ0v) is 12.3. The summed E-state index contributed by atoms with van der Waals surface area (Å²) >= 11 is 0. The van der Waals surface area contributed by atoms with Crippen molar-refractivity contribution in [2.75, 3.05) is 44.7 Å². The van der Waals surface area contributed by atoms with Crippen LogP contribution in [0.5, 0.6) is 5.75 Å². The zero-order valence-electron chi connectivity index (χ0n) is 12.3. The van der Waals surface area contributed by atoms with Crippen molar-refractivity contribution in [2.24, 2.45) is 0 Å². The predicted molar refractivity (Wildman–Crippen MR) is 84.8 cm³/mol. The van der Waals surface area contributed by atoms with Gasteiger partial charge in [0, 0.05) is 37.3 Å². The van der Waals surface area contributed by atoms with Crippen LogP contribution in [0.3, 0.4) is 0 Å². The number of fused-ring (bicyclic) bond motifs is 1. The smallest absolute Gasteiger partial charge is 0.119 e. The molecule has 3 heteroatoms. The van der Waals surface area contributed by atoms with E-state index < -0.39 is 0 Å². The quantitative estimate of drug-likeness (QED) is 0.852. The van der Waals surface area contributed by atoms with Gasteiger partial charge in [-0.05, 0) is 30.1 Å². The maximum Gasteiger partial charge on any atom is 0.119 e. The van der Waals surface area contributed by atoms with Gasteiger partial charge in [0.25, 0.3) is 0 Å². The molecule has 1 fully saturated rings. The van der Waals surface area contributed by atoms with Crippen LogP contribution in [0.1, 0.15) is 6.92 Å². The highest BCUT2D eigenvalue weighted by atomic mass is 16.5. The molecular formula is C17H22N2O. The van der Waals surface area contributed by atoms with Crippen molar-refractivity contribution in [1.29, 1.82) is 0 Å². The summed E-state index contributed by atoms with van der Waals surface area (Å²) in [4.78, 5) is 5.00. The highest BCUT2D eigenvalue weighted by molar-refractivity contribution is 5.95. The van der Waals surface area contributed by atoms with Crippen molar-refractivity contribution in [1.82, 2.24) is 4.90 Å². The van der Waals surface area contributed by atoms with Crippen LogP contribution in [-0.4, -0.2) is 44.7 Å². The van der Waals surface area contributed by atoms with E-state index in [0.717, 1.165) is 38.5 Å². The van der Waals surface area contributed by atoms with Gasteiger partial charge in [-0.1, -0.05) is 25.1 Å². The van der Waals surface area contributed by atoms with Gasteiger partial charge in [-0.15, -0.1) is 0 Å². The van der Waals surface area contributed by atoms with Crippen LogP contribution < -0.4 is 9.64 Å². The van der Waals surface area contributed by atoms with E-state index in [0.29, 0.717) is 0 Å². The molecule has 0 aromatic heterocycles. The third-order valence-electron chi connectivity index (χ3n) is 4.23. The van der Waals surface area contributed by atoms with E-state index in [1.807, 2.05) is 6.07 Å². The standard InChI is InChI=1S/C17H22N2O/c1-3-18-9-11-19(12-10-18)17-6-4-5-14-7-8-15(20-2)13-16(14)17/h4-8,13H,3,9-12H2,1-2H3. The van der Waals surface area contributed by atoms with Gasteiger partial charge in [0.15, 0.2) is 0 Å². The number of benzene rings is 2. The van der Waals surface area contributed by atoms with Crippen LogP contribution in [0.2, 0.25) is 0 Å². The van der Waals surface area contributed by atoms with E-state index in [2.05, 4.69) is 47.1 Å². The molecule has 20 heavy (non-hydrogen) atoms. The molecule has 3 nitrogen and oxygen atoms in total. The van der Waals surface area contributed by atoms with Crippen molar-refractivity contribution < 1.29 is 4.74 Å². The van der Waals surface area contributed by atoms with E-state index in [9.17, 15) is 0 Å². The second-order valence-electron chi connectivity index (χ2n) is 5.29. The van der Waals surface area contributed by atoms with E-state index in [-0.39, 0.29) is 0 Å². The van der Waals surface area contributed by atoms with E-state index in [1.165, 1.54) is 16.5 Å². The summed E-state index contributed by atoms with van der Waals surface area (Å²) in [6, 6.07) is 12.9. The molecule has 2 aromatic carbocycles. The van der Waals surface area contributed by atoms with Crippen molar-refractivity contribution >= 4 is 16.5 Å². The highest BCUT2D eigenvalue weighted by Crippen LogP contribution is 2.30. The Bertz CT molecular complexity index is 589. The molecule has 1 saturated heterocycles. The molecule has 0 aliphatic carbocycles. The minimum absolute atomic E-state index is 0.928. The third-order valence-corrected chi connectivity index (χ3v) is 4.23. The van der Waals surface area contributed by atoms with Gasteiger partial charge in [0.1, 0.15) is 5.75 Å². The van der Waals surface area contributed by atoms with E-state index in [1.54, 1.807) is 7.11 Å². The van der Waals surface area contributed by atoms with Gasteiger partial charge in [-0.3, -0.25) is 0 Å². The monoisotopic (exact) mass is 270 g/mol. The number of nitrogens with zero attached hydrogens (tertiary/aromatic N) is 2. The van der Waals surface area contributed by atoms with Crippen LogP contribution in [-0.2, 0) is 0 Å². The summed E-state index contributed by atoms with van der Waals surface area (Å²) in [5, 5.41) is 2.57. The van der Waals surface area contributed by atoms with Crippen molar-refractivity contribution in [2.45, 2.75) is 6.92 Å². The molecule has 2 aromatic rings. The Hall–Kier alpha value is -1.74. The number of hydrogen-bond donors (Lipinski definition) is 0. The number of piperazine rings is 1.